The summed E-state index contributed by atoms with van der Waals surface area (Å²) >= 11 is 0. The number of carbonyl (C=O) groups excluding carboxylic acids is 4. The standard InChI is InChI=1S/C72H140O17P2/c1-7-10-12-14-16-36-42-48-54-69(74)82-60-67(88-71(76)56-50-44-37-17-15-13-11-8-2)62-86-90(78,79)84-58-66(73)59-85-91(80,81)87-63-68(61-83-70(75)55-49-43-38-32-29-28-30-34-40-46-52-64(4)5)89-72(77)57-51-45-39-33-27-25-23-21-19-18-20-22-24-26-31-35-41-47-53-65(6)9-3/h64-68,73H,7-63H2,1-6H3,(H,78,79)(H,80,81)/t65?,66-,67+,68+/m0/s1. The molecule has 0 rings (SSSR count). The van der Waals surface area contributed by atoms with E-state index in [1.54, 1.807) is 0 Å². The van der Waals surface area contributed by atoms with E-state index in [9.17, 15) is 43.2 Å². The second-order valence-electron chi connectivity index (χ2n) is 26.7. The normalized spacial score (nSPS) is 14.4. The molecule has 0 aliphatic carbocycles. The molecule has 0 bridgehead atoms. The van der Waals surface area contributed by atoms with Crippen LogP contribution in [0.25, 0.3) is 0 Å². The van der Waals surface area contributed by atoms with Gasteiger partial charge in [-0.2, -0.15) is 0 Å². The Bertz CT molecular complexity index is 1770. The third-order valence-electron chi connectivity index (χ3n) is 17.1. The highest BCUT2D eigenvalue weighted by atomic mass is 31.2. The Kier molecular flexibility index (Phi) is 62.7. The van der Waals surface area contributed by atoms with E-state index in [0.29, 0.717) is 25.7 Å². The predicted molar refractivity (Wildman–Crippen MR) is 368 cm³/mol. The number of rotatable bonds is 71. The van der Waals surface area contributed by atoms with Crippen molar-refractivity contribution in [2.75, 3.05) is 39.6 Å². The van der Waals surface area contributed by atoms with Crippen molar-refractivity contribution < 1.29 is 80.2 Å². The van der Waals surface area contributed by atoms with Gasteiger partial charge in [-0.25, -0.2) is 9.13 Å². The first-order valence-corrected chi connectivity index (χ1v) is 40.5. The zero-order valence-electron chi connectivity index (χ0n) is 59.1. The predicted octanol–water partition coefficient (Wildman–Crippen LogP) is 20.8. The maximum Gasteiger partial charge on any atom is 0.472 e. The van der Waals surface area contributed by atoms with Gasteiger partial charge in [0.2, 0.25) is 0 Å². The minimum absolute atomic E-state index is 0.105. The van der Waals surface area contributed by atoms with E-state index in [2.05, 4.69) is 41.5 Å². The highest BCUT2D eigenvalue weighted by molar-refractivity contribution is 7.47. The lowest BCUT2D eigenvalue weighted by atomic mass is 9.99. The Morgan fingerprint density at radius 2 is 0.560 bits per heavy atom. The van der Waals surface area contributed by atoms with Gasteiger partial charge < -0.3 is 33.8 Å². The molecule has 0 saturated heterocycles. The van der Waals surface area contributed by atoms with Gasteiger partial charge in [-0.15, -0.1) is 0 Å². The lowest BCUT2D eigenvalue weighted by molar-refractivity contribution is -0.161. The molecule has 540 valence electrons. The van der Waals surface area contributed by atoms with Crippen molar-refractivity contribution in [3.05, 3.63) is 0 Å². The molecule has 0 aromatic rings. The maximum absolute atomic E-state index is 13.0. The Balaban J connectivity index is 5.12. The Morgan fingerprint density at radius 1 is 0.319 bits per heavy atom. The van der Waals surface area contributed by atoms with Crippen molar-refractivity contribution in [2.45, 2.75) is 387 Å². The molecule has 3 N–H and O–H groups in total. The van der Waals surface area contributed by atoms with Gasteiger partial charge in [0, 0.05) is 25.7 Å². The summed E-state index contributed by atoms with van der Waals surface area (Å²) in [6, 6.07) is 0. The number of phosphoric acid groups is 2. The fourth-order valence-corrected chi connectivity index (χ4v) is 12.5. The summed E-state index contributed by atoms with van der Waals surface area (Å²) < 4.78 is 68.2. The number of hydrogen-bond acceptors (Lipinski definition) is 15. The zero-order valence-corrected chi connectivity index (χ0v) is 60.9. The van der Waals surface area contributed by atoms with Crippen LogP contribution in [0, 0.1) is 11.8 Å². The van der Waals surface area contributed by atoms with Gasteiger partial charge in [-0.1, -0.05) is 318 Å². The molecule has 3 unspecified atom stereocenters. The first-order chi connectivity index (χ1) is 43.9. The maximum atomic E-state index is 13.0. The fraction of sp³-hybridized carbons (Fsp3) is 0.944. The van der Waals surface area contributed by atoms with Crippen LogP contribution in [-0.2, 0) is 65.4 Å². The van der Waals surface area contributed by atoms with Gasteiger partial charge in [0.25, 0.3) is 0 Å². The van der Waals surface area contributed by atoms with Crippen molar-refractivity contribution >= 4 is 39.5 Å². The van der Waals surface area contributed by atoms with Crippen LogP contribution < -0.4 is 0 Å². The number of unbranched alkanes of at least 4 members (excludes halogenated alkanes) is 40. The summed E-state index contributed by atoms with van der Waals surface area (Å²) in [5.74, 6) is -0.498. The van der Waals surface area contributed by atoms with Gasteiger partial charge in [-0.3, -0.25) is 37.3 Å². The van der Waals surface area contributed by atoms with Crippen LogP contribution in [-0.4, -0.2) is 96.7 Å². The number of aliphatic hydroxyl groups is 1. The topological polar surface area (TPSA) is 237 Å². The molecule has 0 fully saturated rings. The van der Waals surface area contributed by atoms with Gasteiger partial charge in [0.1, 0.15) is 19.3 Å². The highest BCUT2D eigenvalue weighted by Crippen LogP contribution is 2.45. The lowest BCUT2D eigenvalue weighted by Gasteiger charge is -2.21. The molecule has 19 heteroatoms. The first kappa shape index (κ1) is 89.1. The largest absolute Gasteiger partial charge is 0.472 e. The SMILES string of the molecule is CCCCCCCCCCC(=O)OC[C@H](COP(=O)(O)OC[C@H](O)COP(=O)(O)OC[C@@H](COC(=O)CCCCCCCCCCCCC(C)C)OC(=O)CCCCCCCCCCCCCCCCCCCCC(C)CC)OC(=O)CCCCCCCCCC. The third-order valence-corrected chi connectivity index (χ3v) is 19.0. The number of ether oxygens (including phenoxy) is 4. The Hall–Kier alpha value is -1.94. The number of aliphatic hydroxyl groups excluding tert-OH is 1. The monoisotopic (exact) mass is 1340 g/mol. The van der Waals surface area contributed by atoms with Crippen molar-refractivity contribution in [3.63, 3.8) is 0 Å². The van der Waals surface area contributed by atoms with Gasteiger partial charge in [-0.05, 0) is 37.5 Å². The minimum Gasteiger partial charge on any atom is -0.462 e. The van der Waals surface area contributed by atoms with Crippen LogP contribution in [0.3, 0.4) is 0 Å². The fourth-order valence-electron chi connectivity index (χ4n) is 10.9. The van der Waals surface area contributed by atoms with Gasteiger partial charge in [0.15, 0.2) is 12.2 Å². The minimum atomic E-state index is -4.95. The molecule has 0 aromatic heterocycles. The van der Waals surface area contributed by atoms with E-state index < -0.39 is 97.5 Å². The van der Waals surface area contributed by atoms with Crippen molar-refractivity contribution in [1.82, 2.24) is 0 Å². The van der Waals surface area contributed by atoms with Crippen LogP contribution in [0.1, 0.15) is 369 Å². The summed E-state index contributed by atoms with van der Waals surface area (Å²) in [7, 11) is -9.89. The molecule has 0 aliphatic rings. The molecule has 0 aromatic carbocycles. The van der Waals surface area contributed by atoms with Crippen LogP contribution >= 0.6 is 15.6 Å². The second-order valence-corrected chi connectivity index (χ2v) is 29.6. The van der Waals surface area contributed by atoms with Crippen molar-refractivity contribution in [3.8, 4) is 0 Å². The number of hydrogen-bond donors (Lipinski definition) is 3. The molecule has 0 radical (unpaired) electrons. The molecule has 0 saturated carbocycles. The third kappa shape index (κ3) is 65.1. The Labute approximate surface area is 556 Å². The molecule has 0 aliphatic heterocycles. The second kappa shape index (κ2) is 64.1. The number of esters is 4. The molecule has 0 heterocycles. The molecular formula is C72H140O17P2. The number of phosphoric ester groups is 2. The molecule has 6 atom stereocenters. The average Bonchev–Trinajstić information content (AvgIpc) is 3.70. The first-order valence-electron chi connectivity index (χ1n) is 37.5. The smallest absolute Gasteiger partial charge is 0.462 e. The lowest BCUT2D eigenvalue weighted by Crippen LogP contribution is -2.30. The van der Waals surface area contributed by atoms with Crippen LogP contribution in [0.5, 0.6) is 0 Å². The molecule has 17 nitrogen and oxygen atoms in total. The molecule has 91 heavy (non-hydrogen) atoms. The van der Waals surface area contributed by atoms with Crippen LogP contribution in [0.4, 0.5) is 0 Å². The van der Waals surface area contributed by atoms with E-state index in [-0.39, 0.29) is 25.7 Å². The summed E-state index contributed by atoms with van der Waals surface area (Å²) in [5, 5.41) is 10.6. The van der Waals surface area contributed by atoms with E-state index >= 15 is 0 Å². The van der Waals surface area contributed by atoms with Crippen molar-refractivity contribution in [2.24, 2.45) is 11.8 Å². The summed E-state index contributed by atoms with van der Waals surface area (Å²) in [6.45, 7) is 9.56. The summed E-state index contributed by atoms with van der Waals surface area (Å²) in [5.41, 5.74) is 0. The molecule has 0 amide bonds. The van der Waals surface area contributed by atoms with Gasteiger partial charge >= 0.3 is 39.5 Å². The van der Waals surface area contributed by atoms with Gasteiger partial charge in [0.05, 0.1) is 26.4 Å². The van der Waals surface area contributed by atoms with E-state index in [4.69, 9.17) is 37.0 Å². The van der Waals surface area contributed by atoms with Crippen LogP contribution in [0.15, 0.2) is 0 Å². The number of carbonyl (C=O) groups is 4. The van der Waals surface area contributed by atoms with Crippen molar-refractivity contribution in [1.29, 1.82) is 0 Å². The quantitative estimate of drug-likeness (QED) is 0.0222. The summed E-state index contributed by atoms with van der Waals surface area (Å²) in [6.07, 6.45) is 50.2. The zero-order chi connectivity index (χ0) is 67.2. The van der Waals surface area contributed by atoms with E-state index in [1.165, 1.54) is 173 Å². The summed E-state index contributed by atoms with van der Waals surface area (Å²) in [4.78, 5) is 72.4. The Morgan fingerprint density at radius 3 is 0.835 bits per heavy atom. The van der Waals surface area contributed by atoms with E-state index in [1.807, 2.05) is 0 Å². The molecule has 0 spiro atoms. The van der Waals surface area contributed by atoms with E-state index in [0.717, 1.165) is 115 Å². The highest BCUT2D eigenvalue weighted by Gasteiger charge is 2.30. The van der Waals surface area contributed by atoms with Crippen LogP contribution in [0.2, 0.25) is 0 Å². The molecular weight excluding hydrogens is 1200 g/mol. The average molecular weight is 1340 g/mol.